The van der Waals surface area contributed by atoms with Crippen LogP contribution in [0.5, 0.6) is 0 Å². The second-order valence-corrected chi connectivity index (χ2v) is 6.08. The van der Waals surface area contributed by atoms with Crippen LogP contribution in [0.1, 0.15) is 18.7 Å². The van der Waals surface area contributed by atoms with Crippen molar-refractivity contribution in [3.05, 3.63) is 88.8 Å². The maximum absolute atomic E-state index is 13.4. The molecule has 118 valence electrons. The lowest BCUT2D eigenvalue weighted by Crippen LogP contribution is -2.25. The van der Waals surface area contributed by atoms with Gasteiger partial charge in [-0.3, -0.25) is 9.36 Å². The van der Waals surface area contributed by atoms with Gasteiger partial charge in [0.15, 0.2) is 0 Å². The SMILES string of the molecule is CC(N)c1cc2ccc3ccccc3c2c(=O)n1-c1ccccc1. The van der Waals surface area contributed by atoms with E-state index in [0.717, 1.165) is 32.9 Å². The van der Waals surface area contributed by atoms with Crippen LogP contribution in [0.4, 0.5) is 0 Å². The molecule has 1 atom stereocenters. The van der Waals surface area contributed by atoms with E-state index in [0.29, 0.717) is 0 Å². The van der Waals surface area contributed by atoms with E-state index >= 15 is 0 Å². The van der Waals surface area contributed by atoms with Crippen LogP contribution in [0.15, 0.2) is 77.6 Å². The van der Waals surface area contributed by atoms with Crippen molar-refractivity contribution in [3.8, 4) is 5.69 Å². The zero-order valence-corrected chi connectivity index (χ0v) is 13.4. The molecule has 0 spiro atoms. The third-order valence-electron chi connectivity index (χ3n) is 4.42. The van der Waals surface area contributed by atoms with Crippen molar-refractivity contribution < 1.29 is 0 Å². The van der Waals surface area contributed by atoms with Gasteiger partial charge in [-0.2, -0.15) is 0 Å². The van der Waals surface area contributed by atoms with E-state index in [1.54, 1.807) is 4.57 Å². The number of aromatic nitrogens is 1. The molecule has 1 aromatic heterocycles. The van der Waals surface area contributed by atoms with Crippen LogP contribution in [0.3, 0.4) is 0 Å². The molecule has 0 bridgehead atoms. The Morgan fingerprint density at radius 2 is 1.54 bits per heavy atom. The molecule has 0 fully saturated rings. The average molecular weight is 314 g/mol. The fraction of sp³-hybridized carbons (Fsp3) is 0.0952. The van der Waals surface area contributed by atoms with E-state index in [9.17, 15) is 4.79 Å². The van der Waals surface area contributed by atoms with E-state index in [2.05, 4.69) is 6.07 Å². The normalized spacial score (nSPS) is 12.6. The largest absolute Gasteiger partial charge is 0.323 e. The highest BCUT2D eigenvalue weighted by Gasteiger charge is 2.15. The second kappa shape index (κ2) is 5.62. The van der Waals surface area contributed by atoms with E-state index in [4.69, 9.17) is 5.73 Å². The second-order valence-electron chi connectivity index (χ2n) is 6.08. The molecule has 3 aromatic carbocycles. The molecule has 0 saturated heterocycles. The highest BCUT2D eigenvalue weighted by molar-refractivity contribution is 6.07. The van der Waals surface area contributed by atoms with E-state index in [1.807, 2.05) is 73.7 Å². The molecule has 0 aliphatic heterocycles. The Balaban J connectivity index is 2.21. The van der Waals surface area contributed by atoms with Crippen molar-refractivity contribution in [2.24, 2.45) is 5.73 Å². The van der Waals surface area contributed by atoms with Gasteiger partial charge in [-0.25, -0.2) is 0 Å². The summed E-state index contributed by atoms with van der Waals surface area (Å²) in [7, 11) is 0. The van der Waals surface area contributed by atoms with Crippen LogP contribution in [-0.4, -0.2) is 4.57 Å². The third-order valence-corrected chi connectivity index (χ3v) is 4.42. The zero-order chi connectivity index (χ0) is 16.7. The first-order valence-corrected chi connectivity index (χ1v) is 8.05. The predicted molar refractivity (Wildman–Crippen MR) is 99.7 cm³/mol. The summed E-state index contributed by atoms with van der Waals surface area (Å²) in [6, 6.07) is 23.5. The molecule has 24 heavy (non-hydrogen) atoms. The van der Waals surface area contributed by atoms with Crippen LogP contribution in [0.2, 0.25) is 0 Å². The fourth-order valence-electron chi connectivity index (χ4n) is 3.28. The van der Waals surface area contributed by atoms with Crippen molar-refractivity contribution in [3.63, 3.8) is 0 Å². The van der Waals surface area contributed by atoms with E-state index in [-0.39, 0.29) is 11.6 Å². The molecule has 3 nitrogen and oxygen atoms in total. The maximum Gasteiger partial charge on any atom is 0.263 e. The number of nitrogens with two attached hydrogens (primary N) is 1. The summed E-state index contributed by atoms with van der Waals surface area (Å²) in [5.41, 5.74) is 7.79. The van der Waals surface area contributed by atoms with Crippen molar-refractivity contribution in [1.82, 2.24) is 4.57 Å². The van der Waals surface area contributed by atoms with Crippen LogP contribution in [0, 0.1) is 0 Å². The number of pyridine rings is 1. The standard InChI is InChI=1S/C21H18N2O/c1-14(22)19-13-16-12-11-15-7-5-6-10-18(15)20(16)21(24)23(19)17-8-3-2-4-9-17/h2-14H,22H2,1H3. The van der Waals surface area contributed by atoms with Crippen molar-refractivity contribution in [2.45, 2.75) is 13.0 Å². The number of hydrogen-bond donors (Lipinski definition) is 1. The van der Waals surface area contributed by atoms with Gasteiger partial charge in [0, 0.05) is 17.4 Å². The lowest BCUT2D eigenvalue weighted by atomic mass is 10.0. The molecule has 4 rings (SSSR count). The fourth-order valence-corrected chi connectivity index (χ4v) is 3.28. The van der Waals surface area contributed by atoms with Crippen molar-refractivity contribution in [1.29, 1.82) is 0 Å². The number of benzene rings is 3. The molecule has 0 saturated carbocycles. The molecule has 1 unspecified atom stereocenters. The molecule has 1 heterocycles. The first-order chi connectivity index (χ1) is 11.7. The predicted octanol–water partition coefficient (Wildman–Crippen LogP) is 4.16. The minimum absolute atomic E-state index is 0.0252. The summed E-state index contributed by atoms with van der Waals surface area (Å²) < 4.78 is 1.74. The van der Waals surface area contributed by atoms with Gasteiger partial charge in [0.05, 0.1) is 5.39 Å². The Kier molecular flexibility index (Phi) is 3.44. The summed E-state index contributed by atoms with van der Waals surface area (Å²) in [5.74, 6) is 0. The van der Waals surface area contributed by atoms with Gasteiger partial charge in [-0.15, -0.1) is 0 Å². The molecule has 3 heteroatoms. The Morgan fingerprint density at radius 3 is 2.29 bits per heavy atom. The van der Waals surface area contributed by atoms with Crippen LogP contribution in [0.25, 0.3) is 27.2 Å². The summed E-state index contributed by atoms with van der Waals surface area (Å²) in [6.45, 7) is 1.90. The number of nitrogens with zero attached hydrogens (tertiary/aromatic N) is 1. The Labute approximate surface area is 140 Å². The van der Waals surface area contributed by atoms with Gasteiger partial charge in [-0.05, 0) is 41.3 Å². The number of hydrogen-bond acceptors (Lipinski definition) is 2. The molecule has 0 radical (unpaired) electrons. The van der Waals surface area contributed by atoms with Crippen LogP contribution in [-0.2, 0) is 0 Å². The van der Waals surface area contributed by atoms with Crippen LogP contribution >= 0.6 is 0 Å². The zero-order valence-electron chi connectivity index (χ0n) is 13.4. The Morgan fingerprint density at radius 1 is 0.875 bits per heavy atom. The lowest BCUT2D eigenvalue weighted by molar-refractivity contribution is 0.734. The Hall–Kier alpha value is -2.91. The molecule has 0 aliphatic carbocycles. The highest BCUT2D eigenvalue weighted by atomic mass is 16.1. The van der Waals surface area contributed by atoms with Gasteiger partial charge < -0.3 is 5.73 Å². The van der Waals surface area contributed by atoms with Crippen molar-refractivity contribution >= 4 is 21.5 Å². The smallest absolute Gasteiger partial charge is 0.263 e. The van der Waals surface area contributed by atoms with E-state index in [1.165, 1.54) is 0 Å². The van der Waals surface area contributed by atoms with Gasteiger partial charge in [0.25, 0.3) is 5.56 Å². The summed E-state index contributed by atoms with van der Waals surface area (Å²) in [6.07, 6.45) is 0. The summed E-state index contributed by atoms with van der Waals surface area (Å²) in [4.78, 5) is 13.4. The lowest BCUT2D eigenvalue weighted by Gasteiger charge is -2.18. The number of rotatable bonds is 2. The average Bonchev–Trinajstić information content (AvgIpc) is 2.61. The van der Waals surface area contributed by atoms with Gasteiger partial charge in [0.1, 0.15) is 0 Å². The molecule has 4 aromatic rings. The van der Waals surface area contributed by atoms with Crippen LogP contribution < -0.4 is 11.3 Å². The van der Waals surface area contributed by atoms with E-state index < -0.39 is 0 Å². The number of fused-ring (bicyclic) bond motifs is 3. The molecular weight excluding hydrogens is 296 g/mol. The quantitative estimate of drug-likeness (QED) is 0.565. The maximum atomic E-state index is 13.4. The molecule has 0 aliphatic rings. The monoisotopic (exact) mass is 314 g/mol. The highest BCUT2D eigenvalue weighted by Crippen LogP contribution is 2.26. The van der Waals surface area contributed by atoms with Gasteiger partial charge >= 0.3 is 0 Å². The van der Waals surface area contributed by atoms with Gasteiger partial charge in [0.2, 0.25) is 0 Å². The minimum Gasteiger partial charge on any atom is -0.323 e. The third kappa shape index (κ3) is 2.22. The molecule has 2 N–H and O–H groups in total. The Bertz CT molecular complexity index is 1100. The topological polar surface area (TPSA) is 48.0 Å². The minimum atomic E-state index is -0.242. The van der Waals surface area contributed by atoms with Gasteiger partial charge in [-0.1, -0.05) is 54.6 Å². The first-order valence-electron chi connectivity index (χ1n) is 8.05. The summed E-state index contributed by atoms with van der Waals surface area (Å²) in [5, 5.41) is 3.70. The number of para-hydroxylation sites is 1. The summed E-state index contributed by atoms with van der Waals surface area (Å²) >= 11 is 0. The molecular formula is C21H18N2O. The van der Waals surface area contributed by atoms with Crippen molar-refractivity contribution in [2.75, 3.05) is 0 Å². The first kappa shape index (κ1) is 14.7. The molecule has 0 amide bonds.